The van der Waals surface area contributed by atoms with E-state index in [9.17, 15) is 4.79 Å². The number of hydrogen-bond donors (Lipinski definition) is 1. The lowest BCUT2D eigenvalue weighted by Gasteiger charge is -2.11. The summed E-state index contributed by atoms with van der Waals surface area (Å²) in [6, 6.07) is 15.4. The van der Waals surface area contributed by atoms with E-state index in [1.807, 2.05) is 48.5 Å². The van der Waals surface area contributed by atoms with Gasteiger partial charge in [-0.05, 0) is 42.2 Å². The van der Waals surface area contributed by atoms with Crippen LogP contribution >= 0.6 is 11.3 Å². The van der Waals surface area contributed by atoms with Gasteiger partial charge in [0.05, 0.1) is 7.11 Å². The van der Waals surface area contributed by atoms with Crippen LogP contribution in [0, 0.1) is 0 Å². The molecule has 160 valence electrons. The molecule has 0 bridgehead atoms. The second-order valence-corrected chi connectivity index (χ2v) is 7.96. The molecule has 2 aromatic carbocycles. The minimum absolute atomic E-state index is 0.00576. The summed E-state index contributed by atoms with van der Waals surface area (Å²) in [5.74, 6) is 0.964. The number of ether oxygens (including phenoxy) is 3. The van der Waals surface area contributed by atoms with Crippen molar-refractivity contribution in [3.05, 3.63) is 70.7 Å². The van der Waals surface area contributed by atoms with Gasteiger partial charge in [-0.1, -0.05) is 47.7 Å². The minimum atomic E-state index is -0.279. The van der Waals surface area contributed by atoms with Gasteiger partial charge in [0.1, 0.15) is 17.7 Å². The number of carbonyl (C=O) groups excluding carboxylic acids is 1. The number of nitrogens with one attached hydrogen (secondary N) is 1. The maximum Gasteiger partial charge on any atom is 0.250 e. The minimum Gasteiger partial charge on any atom is -0.493 e. The molecule has 0 saturated carbocycles. The molecule has 1 saturated heterocycles. The SMILES string of the molecule is COc1cc(/C=C/C(=O)Nc2nnc([C@H]3CCCO3)s2)ccc1OCc1ccccc1. The number of rotatable bonds is 8. The van der Waals surface area contributed by atoms with E-state index in [-0.39, 0.29) is 12.0 Å². The van der Waals surface area contributed by atoms with E-state index in [1.165, 1.54) is 17.4 Å². The molecule has 0 radical (unpaired) electrons. The third kappa shape index (κ3) is 5.68. The largest absolute Gasteiger partial charge is 0.493 e. The zero-order chi connectivity index (χ0) is 21.5. The van der Waals surface area contributed by atoms with Crippen LogP contribution in [0.2, 0.25) is 0 Å². The standard InChI is InChI=1S/C23H23N3O4S/c1-28-20-14-16(9-11-18(20)30-15-17-6-3-2-4-7-17)10-12-21(27)24-23-26-25-22(31-23)19-8-5-13-29-19/h2-4,6-7,9-12,14,19H,5,8,13,15H2,1H3,(H,24,26,27)/b12-10+/t19-/m1/s1. The number of anilines is 1. The second kappa shape index (κ2) is 10.2. The van der Waals surface area contributed by atoms with Crippen LogP contribution in [-0.2, 0) is 16.1 Å². The van der Waals surface area contributed by atoms with E-state index in [4.69, 9.17) is 14.2 Å². The Morgan fingerprint density at radius 2 is 2.10 bits per heavy atom. The molecule has 7 nitrogen and oxygen atoms in total. The number of benzene rings is 2. The van der Waals surface area contributed by atoms with E-state index in [2.05, 4.69) is 15.5 Å². The second-order valence-electron chi connectivity index (χ2n) is 6.95. The van der Waals surface area contributed by atoms with Gasteiger partial charge in [-0.2, -0.15) is 0 Å². The number of aromatic nitrogens is 2. The first-order chi connectivity index (χ1) is 15.2. The number of carbonyl (C=O) groups is 1. The molecule has 1 aromatic heterocycles. The van der Waals surface area contributed by atoms with Gasteiger partial charge in [0, 0.05) is 12.7 Å². The van der Waals surface area contributed by atoms with Gasteiger partial charge < -0.3 is 14.2 Å². The Bertz CT molecular complexity index is 1050. The van der Waals surface area contributed by atoms with Crippen LogP contribution in [-0.4, -0.2) is 29.8 Å². The summed E-state index contributed by atoms with van der Waals surface area (Å²) in [5.41, 5.74) is 1.89. The van der Waals surface area contributed by atoms with Gasteiger partial charge in [0.25, 0.3) is 0 Å². The predicted octanol–water partition coefficient (Wildman–Crippen LogP) is 4.63. The molecule has 8 heteroatoms. The molecule has 1 N–H and O–H groups in total. The van der Waals surface area contributed by atoms with Gasteiger partial charge in [-0.15, -0.1) is 10.2 Å². The summed E-state index contributed by atoms with van der Waals surface area (Å²) in [6.07, 6.45) is 5.12. The van der Waals surface area contributed by atoms with Crippen molar-refractivity contribution >= 4 is 28.5 Å². The Hall–Kier alpha value is -3.23. The monoisotopic (exact) mass is 437 g/mol. The Labute approximate surface area is 184 Å². The lowest BCUT2D eigenvalue weighted by molar-refractivity contribution is -0.111. The summed E-state index contributed by atoms with van der Waals surface area (Å²) in [4.78, 5) is 12.3. The van der Waals surface area contributed by atoms with Crippen LogP contribution in [0.1, 0.15) is 35.1 Å². The molecule has 1 aliphatic heterocycles. The molecule has 3 aromatic rings. The third-order valence-corrected chi connectivity index (χ3v) is 5.66. The third-order valence-electron chi connectivity index (χ3n) is 4.73. The fraction of sp³-hybridized carbons (Fsp3) is 0.261. The molecule has 31 heavy (non-hydrogen) atoms. The van der Waals surface area contributed by atoms with Crippen LogP contribution in [0.25, 0.3) is 6.08 Å². The van der Waals surface area contributed by atoms with Crippen molar-refractivity contribution in [2.24, 2.45) is 0 Å². The van der Waals surface area contributed by atoms with Crippen molar-refractivity contribution in [1.82, 2.24) is 10.2 Å². The van der Waals surface area contributed by atoms with Crippen LogP contribution in [0.15, 0.2) is 54.6 Å². The highest BCUT2D eigenvalue weighted by Crippen LogP contribution is 2.32. The predicted molar refractivity (Wildman–Crippen MR) is 119 cm³/mol. The Kier molecular flexibility index (Phi) is 6.91. The van der Waals surface area contributed by atoms with Gasteiger partial charge >= 0.3 is 0 Å². The lowest BCUT2D eigenvalue weighted by Crippen LogP contribution is -2.07. The molecule has 4 rings (SSSR count). The van der Waals surface area contributed by atoms with Gasteiger partial charge in [0.15, 0.2) is 11.5 Å². The Balaban J connectivity index is 1.35. The van der Waals surface area contributed by atoms with Gasteiger partial charge in [0.2, 0.25) is 11.0 Å². The molecular formula is C23H23N3O4S. The molecule has 1 atom stereocenters. The normalized spacial score (nSPS) is 15.8. The summed E-state index contributed by atoms with van der Waals surface area (Å²) in [7, 11) is 1.59. The van der Waals surface area contributed by atoms with E-state index < -0.39 is 0 Å². The Morgan fingerprint density at radius 1 is 1.23 bits per heavy atom. The first kappa shape index (κ1) is 21.0. The maximum absolute atomic E-state index is 12.3. The first-order valence-electron chi connectivity index (χ1n) is 10.00. The van der Waals surface area contributed by atoms with Crippen molar-refractivity contribution in [2.45, 2.75) is 25.6 Å². The van der Waals surface area contributed by atoms with Crippen LogP contribution in [0.3, 0.4) is 0 Å². The van der Waals surface area contributed by atoms with Crippen LogP contribution in [0.5, 0.6) is 11.5 Å². The Morgan fingerprint density at radius 3 is 2.87 bits per heavy atom. The van der Waals surface area contributed by atoms with E-state index in [0.717, 1.165) is 35.6 Å². The quantitative estimate of drug-likeness (QED) is 0.518. The number of methoxy groups -OCH3 is 1. The maximum atomic E-state index is 12.3. The average Bonchev–Trinajstić information content (AvgIpc) is 3.49. The average molecular weight is 438 g/mol. The zero-order valence-corrected chi connectivity index (χ0v) is 17.9. The highest BCUT2D eigenvalue weighted by molar-refractivity contribution is 7.15. The number of hydrogen-bond acceptors (Lipinski definition) is 7. The van der Waals surface area contributed by atoms with Gasteiger partial charge in [-0.3, -0.25) is 10.1 Å². The molecule has 0 aliphatic carbocycles. The summed E-state index contributed by atoms with van der Waals surface area (Å²) in [5, 5.41) is 12.1. The van der Waals surface area contributed by atoms with Crippen molar-refractivity contribution in [2.75, 3.05) is 19.0 Å². The first-order valence-corrected chi connectivity index (χ1v) is 10.8. The highest BCUT2D eigenvalue weighted by Gasteiger charge is 2.22. The van der Waals surface area contributed by atoms with Crippen LogP contribution < -0.4 is 14.8 Å². The molecule has 2 heterocycles. The van der Waals surface area contributed by atoms with E-state index in [1.54, 1.807) is 13.2 Å². The molecule has 0 unspecified atom stereocenters. The smallest absolute Gasteiger partial charge is 0.250 e. The fourth-order valence-corrected chi connectivity index (χ4v) is 3.98. The fourth-order valence-electron chi connectivity index (χ4n) is 3.15. The van der Waals surface area contributed by atoms with Gasteiger partial charge in [-0.25, -0.2) is 0 Å². The van der Waals surface area contributed by atoms with Crippen LogP contribution in [0.4, 0.5) is 5.13 Å². The lowest BCUT2D eigenvalue weighted by atomic mass is 10.2. The van der Waals surface area contributed by atoms with Crippen molar-refractivity contribution < 1.29 is 19.0 Å². The molecule has 0 spiro atoms. The summed E-state index contributed by atoms with van der Waals surface area (Å²) >= 11 is 1.34. The summed E-state index contributed by atoms with van der Waals surface area (Å²) < 4.78 is 16.9. The van der Waals surface area contributed by atoms with E-state index >= 15 is 0 Å². The van der Waals surface area contributed by atoms with Crippen molar-refractivity contribution in [3.63, 3.8) is 0 Å². The molecule has 1 amide bonds. The zero-order valence-electron chi connectivity index (χ0n) is 17.1. The summed E-state index contributed by atoms with van der Waals surface area (Å²) in [6.45, 7) is 1.19. The number of nitrogens with zero attached hydrogens (tertiary/aromatic N) is 2. The molecule has 1 aliphatic rings. The van der Waals surface area contributed by atoms with Crippen molar-refractivity contribution in [1.29, 1.82) is 0 Å². The topological polar surface area (TPSA) is 82.6 Å². The van der Waals surface area contributed by atoms with E-state index in [0.29, 0.717) is 23.2 Å². The molecular weight excluding hydrogens is 414 g/mol. The highest BCUT2D eigenvalue weighted by atomic mass is 32.1. The molecule has 1 fully saturated rings. The number of amides is 1. The van der Waals surface area contributed by atoms with Crippen molar-refractivity contribution in [3.8, 4) is 11.5 Å².